The van der Waals surface area contributed by atoms with E-state index in [0.29, 0.717) is 19.1 Å². The first-order valence-electron chi connectivity index (χ1n) is 8.02. The lowest BCUT2D eigenvalue weighted by molar-refractivity contribution is -0.124. The molecule has 20 heavy (non-hydrogen) atoms. The predicted octanol–water partition coefficient (Wildman–Crippen LogP) is 0.812. The molecular formula is C15H28N2O3. The summed E-state index contributed by atoms with van der Waals surface area (Å²) in [5, 5.41) is 15.7. The van der Waals surface area contributed by atoms with Crippen LogP contribution < -0.4 is 10.6 Å². The second kappa shape index (κ2) is 8.60. The minimum absolute atomic E-state index is 0.0595. The molecule has 2 unspecified atom stereocenters. The molecule has 1 saturated carbocycles. The second-order valence-corrected chi connectivity index (χ2v) is 5.97. The predicted molar refractivity (Wildman–Crippen MR) is 77.4 cm³/mol. The van der Waals surface area contributed by atoms with Gasteiger partial charge in [-0.25, -0.2) is 0 Å². The van der Waals surface area contributed by atoms with E-state index in [4.69, 9.17) is 4.74 Å². The first kappa shape index (κ1) is 15.7. The SMILES string of the molecule is O=C(CCOC1CCNCC1)NC1CCCCC1CO. The van der Waals surface area contributed by atoms with E-state index in [1.807, 2.05) is 0 Å². The van der Waals surface area contributed by atoms with Crippen molar-refractivity contribution >= 4 is 5.91 Å². The third kappa shape index (κ3) is 5.04. The summed E-state index contributed by atoms with van der Waals surface area (Å²) in [6.45, 7) is 2.71. The third-order valence-electron chi connectivity index (χ3n) is 4.46. The number of carbonyl (C=O) groups excluding carboxylic acids is 1. The largest absolute Gasteiger partial charge is 0.396 e. The number of nitrogens with one attached hydrogen (secondary N) is 2. The standard InChI is InChI=1S/C15H28N2O3/c18-11-12-3-1-2-4-14(12)17-15(19)7-10-20-13-5-8-16-9-6-13/h12-14,16,18H,1-11H2,(H,17,19). The quantitative estimate of drug-likeness (QED) is 0.675. The van der Waals surface area contributed by atoms with E-state index in [1.165, 1.54) is 0 Å². The maximum Gasteiger partial charge on any atom is 0.222 e. The van der Waals surface area contributed by atoms with Gasteiger partial charge in [-0.05, 0) is 38.8 Å². The average molecular weight is 284 g/mol. The Balaban J connectivity index is 1.61. The summed E-state index contributed by atoms with van der Waals surface area (Å²) in [6, 6.07) is 0.153. The van der Waals surface area contributed by atoms with E-state index in [2.05, 4.69) is 10.6 Å². The number of hydrogen-bond acceptors (Lipinski definition) is 4. The lowest BCUT2D eigenvalue weighted by Gasteiger charge is -2.31. The molecular weight excluding hydrogens is 256 g/mol. The molecule has 0 spiro atoms. The number of aliphatic hydroxyl groups excluding tert-OH is 1. The van der Waals surface area contributed by atoms with Gasteiger partial charge in [-0.1, -0.05) is 12.8 Å². The smallest absolute Gasteiger partial charge is 0.222 e. The molecule has 116 valence electrons. The fourth-order valence-electron chi connectivity index (χ4n) is 3.18. The first-order chi connectivity index (χ1) is 9.79. The fourth-order valence-corrected chi connectivity index (χ4v) is 3.18. The van der Waals surface area contributed by atoms with Crippen LogP contribution in [0.1, 0.15) is 44.9 Å². The zero-order chi connectivity index (χ0) is 14.2. The summed E-state index contributed by atoms with van der Waals surface area (Å²) in [4.78, 5) is 11.9. The van der Waals surface area contributed by atoms with E-state index in [9.17, 15) is 9.90 Å². The maximum absolute atomic E-state index is 11.9. The van der Waals surface area contributed by atoms with Gasteiger partial charge in [0.1, 0.15) is 0 Å². The molecule has 5 heteroatoms. The molecule has 1 heterocycles. The van der Waals surface area contributed by atoms with Crippen molar-refractivity contribution in [1.82, 2.24) is 10.6 Å². The van der Waals surface area contributed by atoms with Gasteiger partial charge in [0.25, 0.3) is 0 Å². The summed E-state index contributed by atoms with van der Waals surface area (Å²) < 4.78 is 5.75. The highest BCUT2D eigenvalue weighted by molar-refractivity contribution is 5.76. The van der Waals surface area contributed by atoms with Gasteiger partial charge in [0, 0.05) is 25.0 Å². The number of ether oxygens (including phenoxy) is 1. The third-order valence-corrected chi connectivity index (χ3v) is 4.46. The Hall–Kier alpha value is -0.650. The van der Waals surface area contributed by atoms with Crippen molar-refractivity contribution in [3.8, 4) is 0 Å². The minimum atomic E-state index is 0.0595. The van der Waals surface area contributed by atoms with Crippen molar-refractivity contribution in [2.75, 3.05) is 26.3 Å². The van der Waals surface area contributed by atoms with Gasteiger partial charge in [-0.3, -0.25) is 4.79 Å². The highest BCUT2D eigenvalue weighted by Gasteiger charge is 2.25. The van der Waals surface area contributed by atoms with Crippen LogP contribution in [0.4, 0.5) is 0 Å². The van der Waals surface area contributed by atoms with E-state index in [0.717, 1.165) is 51.6 Å². The second-order valence-electron chi connectivity index (χ2n) is 5.97. The molecule has 1 amide bonds. The molecule has 1 saturated heterocycles. The first-order valence-corrected chi connectivity index (χ1v) is 8.02. The van der Waals surface area contributed by atoms with Crippen LogP contribution in [0.25, 0.3) is 0 Å². The Labute approximate surface area is 121 Å². The molecule has 0 bridgehead atoms. The molecule has 2 atom stereocenters. The molecule has 3 N–H and O–H groups in total. The summed E-state index contributed by atoms with van der Waals surface area (Å²) in [6.07, 6.45) is 7.14. The zero-order valence-corrected chi connectivity index (χ0v) is 12.3. The van der Waals surface area contributed by atoms with Crippen molar-refractivity contribution in [1.29, 1.82) is 0 Å². The number of hydrogen-bond donors (Lipinski definition) is 3. The van der Waals surface area contributed by atoms with Crippen molar-refractivity contribution in [2.24, 2.45) is 5.92 Å². The zero-order valence-electron chi connectivity index (χ0n) is 12.3. The van der Waals surface area contributed by atoms with E-state index < -0.39 is 0 Å². The normalized spacial score (nSPS) is 28.2. The van der Waals surface area contributed by atoms with Crippen LogP contribution in [-0.2, 0) is 9.53 Å². The number of rotatable bonds is 6. The molecule has 2 aliphatic rings. The molecule has 1 aliphatic carbocycles. The van der Waals surface area contributed by atoms with Gasteiger partial charge in [0.2, 0.25) is 5.91 Å². The molecule has 2 rings (SSSR count). The van der Waals surface area contributed by atoms with Crippen molar-refractivity contribution in [2.45, 2.75) is 57.1 Å². The summed E-state index contributed by atoms with van der Waals surface area (Å²) in [5.41, 5.74) is 0. The highest BCUT2D eigenvalue weighted by Crippen LogP contribution is 2.23. The summed E-state index contributed by atoms with van der Waals surface area (Å²) in [5.74, 6) is 0.294. The Bertz CT molecular complexity index is 293. The number of amides is 1. The van der Waals surface area contributed by atoms with Crippen LogP contribution in [-0.4, -0.2) is 49.5 Å². The molecule has 1 aliphatic heterocycles. The van der Waals surface area contributed by atoms with Crippen molar-refractivity contribution in [3.05, 3.63) is 0 Å². The topological polar surface area (TPSA) is 70.6 Å². The van der Waals surface area contributed by atoms with Gasteiger partial charge < -0.3 is 20.5 Å². The van der Waals surface area contributed by atoms with Gasteiger partial charge in [0.05, 0.1) is 12.7 Å². The van der Waals surface area contributed by atoms with Crippen molar-refractivity contribution < 1.29 is 14.6 Å². The molecule has 5 nitrogen and oxygen atoms in total. The number of piperidine rings is 1. The Morgan fingerprint density at radius 2 is 1.95 bits per heavy atom. The number of aliphatic hydroxyl groups is 1. The minimum Gasteiger partial charge on any atom is -0.396 e. The molecule has 0 aromatic rings. The molecule has 0 aromatic heterocycles. The van der Waals surface area contributed by atoms with Crippen LogP contribution in [0.15, 0.2) is 0 Å². The van der Waals surface area contributed by atoms with Crippen LogP contribution in [0, 0.1) is 5.92 Å². The Kier molecular flexibility index (Phi) is 6.76. The highest BCUT2D eigenvalue weighted by atomic mass is 16.5. The fraction of sp³-hybridized carbons (Fsp3) is 0.933. The number of carbonyl (C=O) groups is 1. The lowest BCUT2D eigenvalue weighted by atomic mass is 9.85. The maximum atomic E-state index is 11.9. The summed E-state index contributed by atoms with van der Waals surface area (Å²) >= 11 is 0. The van der Waals surface area contributed by atoms with E-state index in [1.54, 1.807) is 0 Å². The van der Waals surface area contributed by atoms with Crippen LogP contribution in [0.5, 0.6) is 0 Å². The van der Waals surface area contributed by atoms with Gasteiger partial charge in [-0.15, -0.1) is 0 Å². The van der Waals surface area contributed by atoms with Crippen LogP contribution >= 0.6 is 0 Å². The van der Waals surface area contributed by atoms with Gasteiger partial charge >= 0.3 is 0 Å². The molecule has 0 aromatic carbocycles. The molecule has 0 radical (unpaired) electrons. The Morgan fingerprint density at radius 1 is 1.20 bits per heavy atom. The lowest BCUT2D eigenvalue weighted by Crippen LogP contribution is -2.43. The van der Waals surface area contributed by atoms with Crippen LogP contribution in [0.3, 0.4) is 0 Å². The van der Waals surface area contributed by atoms with Crippen LogP contribution in [0.2, 0.25) is 0 Å². The monoisotopic (exact) mass is 284 g/mol. The average Bonchev–Trinajstić information content (AvgIpc) is 2.49. The van der Waals surface area contributed by atoms with Gasteiger partial charge in [0.15, 0.2) is 0 Å². The van der Waals surface area contributed by atoms with E-state index >= 15 is 0 Å². The van der Waals surface area contributed by atoms with E-state index in [-0.39, 0.29) is 24.5 Å². The Morgan fingerprint density at radius 3 is 2.70 bits per heavy atom. The van der Waals surface area contributed by atoms with Crippen molar-refractivity contribution in [3.63, 3.8) is 0 Å². The summed E-state index contributed by atoms with van der Waals surface area (Å²) in [7, 11) is 0. The van der Waals surface area contributed by atoms with Gasteiger partial charge in [-0.2, -0.15) is 0 Å². The molecule has 2 fully saturated rings.